The smallest absolute Gasteiger partial charge is 0.225 e. The van der Waals surface area contributed by atoms with Crippen LogP contribution in [0.1, 0.15) is 32.1 Å². The number of likely N-dealkylation sites (tertiary alicyclic amines) is 1. The number of nitrogens with two attached hydrogens (primary N) is 1. The van der Waals surface area contributed by atoms with E-state index in [1.54, 1.807) is 4.90 Å². The molecule has 0 aliphatic carbocycles. The highest BCUT2D eigenvalue weighted by Gasteiger charge is 2.31. The number of hydrogen-bond acceptors (Lipinski definition) is 4. The predicted octanol–water partition coefficient (Wildman–Crippen LogP) is 0.218. The van der Waals surface area contributed by atoms with E-state index in [-0.39, 0.29) is 18.0 Å². The molecule has 3 N–H and O–H groups in total. The Morgan fingerprint density at radius 1 is 1.44 bits per heavy atom. The summed E-state index contributed by atoms with van der Waals surface area (Å²) in [5.41, 5.74) is 6.15. The third-order valence-electron chi connectivity index (χ3n) is 4.12. The van der Waals surface area contributed by atoms with Gasteiger partial charge in [-0.25, -0.2) is 0 Å². The van der Waals surface area contributed by atoms with Crippen molar-refractivity contribution in [3.05, 3.63) is 0 Å². The summed E-state index contributed by atoms with van der Waals surface area (Å²) >= 11 is 0. The van der Waals surface area contributed by atoms with Gasteiger partial charge < -0.3 is 16.0 Å². The molecule has 1 unspecified atom stereocenters. The first-order valence-electron chi connectivity index (χ1n) is 6.87. The van der Waals surface area contributed by atoms with Gasteiger partial charge in [0.25, 0.3) is 0 Å². The maximum Gasteiger partial charge on any atom is 0.225 e. The Labute approximate surface area is 108 Å². The van der Waals surface area contributed by atoms with Gasteiger partial charge >= 0.3 is 0 Å². The van der Waals surface area contributed by atoms with Gasteiger partial charge in [0.15, 0.2) is 0 Å². The van der Waals surface area contributed by atoms with Crippen molar-refractivity contribution >= 4 is 5.91 Å². The van der Waals surface area contributed by atoms with Crippen molar-refractivity contribution in [1.82, 2.24) is 10.2 Å². The van der Waals surface area contributed by atoms with Crippen LogP contribution in [-0.4, -0.2) is 42.5 Å². The molecular formula is C13H22N4O. The van der Waals surface area contributed by atoms with E-state index >= 15 is 0 Å². The summed E-state index contributed by atoms with van der Waals surface area (Å²) in [5, 5.41) is 12.3. The summed E-state index contributed by atoms with van der Waals surface area (Å²) < 4.78 is 0. The van der Waals surface area contributed by atoms with Crippen molar-refractivity contribution in [2.45, 2.75) is 44.2 Å². The molecule has 18 heavy (non-hydrogen) atoms. The van der Waals surface area contributed by atoms with E-state index in [0.29, 0.717) is 12.3 Å². The van der Waals surface area contributed by atoms with Gasteiger partial charge in [-0.15, -0.1) is 0 Å². The van der Waals surface area contributed by atoms with Crippen molar-refractivity contribution in [3.63, 3.8) is 0 Å². The monoisotopic (exact) mass is 250 g/mol. The first-order valence-corrected chi connectivity index (χ1v) is 6.87. The molecule has 0 aromatic heterocycles. The second kappa shape index (κ2) is 6.17. The fourth-order valence-electron chi connectivity index (χ4n) is 2.96. The van der Waals surface area contributed by atoms with Crippen LogP contribution in [0.5, 0.6) is 0 Å². The van der Waals surface area contributed by atoms with Crippen LogP contribution in [0.3, 0.4) is 0 Å². The number of nitrogens with zero attached hydrogens (tertiary/aromatic N) is 2. The van der Waals surface area contributed by atoms with Crippen LogP contribution in [0, 0.1) is 17.2 Å². The summed E-state index contributed by atoms with van der Waals surface area (Å²) in [6.07, 6.45) is 4.24. The van der Waals surface area contributed by atoms with Gasteiger partial charge in [0.05, 0.1) is 6.07 Å². The van der Waals surface area contributed by atoms with Gasteiger partial charge in [-0.2, -0.15) is 5.26 Å². The van der Waals surface area contributed by atoms with Crippen LogP contribution in [0.2, 0.25) is 0 Å². The molecule has 2 saturated heterocycles. The van der Waals surface area contributed by atoms with E-state index in [2.05, 4.69) is 11.4 Å². The molecule has 2 aliphatic heterocycles. The minimum Gasteiger partial charge on any atom is -0.327 e. The molecular weight excluding hydrogens is 228 g/mol. The summed E-state index contributed by atoms with van der Waals surface area (Å²) in [6.45, 7) is 2.71. The molecule has 0 spiro atoms. The van der Waals surface area contributed by atoms with Gasteiger partial charge in [0.2, 0.25) is 5.91 Å². The molecule has 0 saturated carbocycles. The second-order valence-electron chi connectivity index (χ2n) is 5.33. The molecule has 0 aromatic rings. The van der Waals surface area contributed by atoms with Gasteiger partial charge in [-0.05, 0) is 44.7 Å². The molecule has 1 amide bonds. The van der Waals surface area contributed by atoms with Crippen LogP contribution < -0.4 is 11.1 Å². The van der Waals surface area contributed by atoms with E-state index in [4.69, 9.17) is 11.0 Å². The minimum absolute atomic E-state index is 0.0560. The zero-order chi connectivity index (χ0) is 13.0. The highest BCUT2D eigenvalue weighted by molar-refractivity contribution is 5.77. The molecule has 2 heterocycles. The topological polar surface area (TPSA) is 82.2 Å². The van der Waals surface area contributed by atoms with Crippen molar-refractivity contribution in [1.29, 1.82) is 5.26 Å². The summed E-state index contributed by atoms with van der Waals surface area (Å²) in [6, 6.07) is 1.92. The Bertz CT molecular complexity index is 332. The van der Waals surface area contributed by atoms with Crippen LogP contribution in [0.4, 0.5) is 0 Å². The average molecular weight is 250 g/mol. The average Bonchev–Trinajstić information content (AvgIpc) is 2.88. The Balaban J connectivity index is 1.84. The predicted molar refractivity (Wildman–Crippen MR) is 68.5 cm³/mol. The lowest BCUT2D eigenvalue weighted by atomic mass is 9.88. The standard InChI is InChI=1S/C13H22N4O/c14-9-11-2-1-7-17(11)13(18)8-12(15)10-3-5-16-6-4-10/h10-12,16H,1-8,15H2/t11-,12?/m0/s1. The quantitative estimate of drug-likeness (QED) is 0.750. The van der Waals surface area contributed by atoms with E-state index < -0.39 is 0 Å². The Kier molecular flexibility index (Phi) is 4.56. The van der Waals surface area contributed by atoms with Crippen LogP contribution in [0.25, 0.3) is 0 Å². The number of rotatable bonds is 3. The number of piperidine rings is 1. The molecule has 0 bridgehead atoms. The van der Waals surface area contributed by atoms with Crippen molar-refractivity contribution in [2.24, 2.45) is 11.7 Å². The second-order valence-corrected chi connectivity index (χ2v) is 5.33. The molecule has 0 aromatic carbocycles. The van der Waals surface area contributed by atoms with Gasteiger partial charge in [0, 0.05) is 19.0 Å². The van der Waals surface area contributed by atoms with E-state index in [1.165, 1.54) is 0 Å². The first-order chi connectivity index (χ1) is 8.72. The van der Waals surface area contributed by atoms with Crippen LogP contribution in [0.15, 0.2) is 0 Å². The lowest BCUT2D eigenvalue weighted by Crippen LogP contribution is -2.43. The van der Waals surface area contributed by atoms with E-state index in [9.17, 15) is 4.79 Å². The molecule has 100 valence electrons. The fraction of sp³-hybridized carbons (Fsp3) is 0.846. The van der Waals surface area contributed by atoms with E-state index in [1.807, 2.05) is 0 Å². The lowest BCUT2D eigenvalue weighted by Gasteiger charge is -2.29. The minimum atomic E-state index is -0.224. The highest BCUT2D eigenvalue weighted by atomic mass is 16.2. The third-order valence-corrected chi connectivity index (χ3v) is 4.12. The zero-order valence-electron chi connectivity index (χ0n) is 10.8. The highest BCUT2D eigenvalue weighted by Crippen LogP contribution is 2.21. The van der Waals surface area contributed by atoms with E-state index in [0.717, 1.165) is 45.3 Å². The molecule has 0 radical (unpaired) electrons. The van der Waals surface area contributed by atoms with Crippen LogP contribution in [-0.2, 0) is 4.79 Å². The summed E-state index contributed by atoms with van der Waals surface area (Å²) in [4.78, 5) is 13.9. The first kappa shape index (κ1) is 13.3. The maximum absolute atomic E-state index is 12.1. The molecule has 2 aliphatic rings. The summed E-state index contributed by atoms with van der Waals surface area (Å²) in [7, 11) is 0. The molecule has 5 nitrogen and oxygen atoms in total. The molecule has 2 fully saturated rings. The normalized spacial score (nSPS) is 26.9. The molecule has 2 atom stereocenters. The van der Waals surface area contributed by atoms with Crippen molar-refractivity contribution < 1.29 is 4.79 Å². The fourth-order valence-corrected chi connectivity index (χ4v) is 2.96. The number of nitriles is 1. The largest absolute Gasteiger partial charge is 0.327 e. The molecule has 2 rings (SSSR count). The van der Waals surface area contributed by atoms with Crippen molar-refractivity contribution in [3.8, 4) is 6.07 Å². The summed E-state index contributed by atoms with van der Waals surface area (Å²) in [5.74, 6) is 0.503. The number of amides is 1. The van der Waals surface area contributed by atoms with Crippen LogP contribution >= 0.6 is 0 Å². The third kappa shape index (κ3) is 3.01. The zero-order valence-corrected chi connectivity index (χ0v) is 10.8. The number of carbonyl (C=O) groups excluding carboxylic acids is 1. The van der Waals surface area contributed by atoms with Gasteiger partial charge in [-0.3, -0.25) is 4.79 Å². The van der Waals surface area contributed by atoms with Crippen molar-refractivity contribution in [2.75, 3.05) is 19.6 Å². The van der Waals surface area contributed by atoms with Gasteiger partial charge in [0.1, 0.15) is 6.04 Å². The maximum atomic E-state index is 12.1. The number of hydrogen-bond donors (Lipinski definition) is 2. The SMILES string of the molecule is N#C[C@@H]1CCCN1C(=O)CC(N)C1CCNCC1. The Morgan fingerprint density at radius 2 is 2.17 bits per heavy atom. The lowest BCUT2D eigenvalue weighted by molar-refractivity contribution is -0.131. The number of nitrogens with one attached hydrogen (secondary N) is 1. The Morgan fingerprint density at radius 3 is 2.83 bits per heavy atom. The number of carbonyl (C=O) groups is 1. The van der Waals surface area contributed by atoms with Gasteiger partial charge in [-0.1, -0.05) is 0 Å². The molecule has 5 heteroatoms. The Hall–Kier alpha value is -1.12.